The largest absolute Gasteiger partial charge is 0.491 e. The molecule has 0 radical (unpaired) electrons. The van der Waals surface area contributed by atoms with Gasteiger partial charge in [-0.3, -0.25) is 19.3 Å². The number of hydrogen-bond donors (Lipinski definition) is 1. The number of sulfonamides is 1. The Labute approximate surface area is 245 Å². The lowest BCUT2D eigenvalue weighted by molar-refractivity contribution is -0.134. The Hall–Kier alpha value is -4.03. The highest BCUT2D eigenvalue weighted by Crippen LogP contribution is 2.28. The van der Waals surface area contributed by atoms with Crippen molar-refractivity contribution in [3.8, 4) is 5.75 Å². The van der Waals surface area contributed by atoms with Crippen molar-refractivity contribution in [1.29, 1.82) is 0 Å². The van der Waals surface area contributed by atoms with Crippen molar-refractivity contribution in [3.05, 3.63) is 83.9 Å². The Kier molecular flexibility index (Phi) is 9.79. The molecular formula is C30H35FN4O6S. The Bertz CT molecular complexity index is 1520. The van der Waals surface area contributed by atoms with Gasteiger partial charge < -0.3 is 19.3 Å². The van der Waals surface area contributed by atoms with Crippen LogP contribution in [0.25, 0.3) is 0 Å². The van der Waals surface area contributed by atoms with Gasteiger partial charge in [0.25, 0.3) is 15.9 Å². The summed E-state index contributed by atoms with van der Waals surface area (Å²) in [5, 5.41) is 0. The molecule has 0 saturated carbocycles. The molecule has 1 aliphatic rings. The smallest absolute Gasteiger partial charge is 0.261 e. The van der Waals surface area contributed by atoms with Crippen LogP contribution in [0.1, 0.15) is 29.8 Å². The maximum Gasteiger partial charge on any atom is 0.261 e. The van der Waals surface area contributed by atoms with Gasteiger partial charge in [-0.25, -0.2) is 12.8 Å². The molecule has 10 nitrogen and oxygen atoms in total. The van der Waals surface area contributed by atoms with Crippen molar-refractivity contribution in [3.63, 3.8) is 0 Å². The fraction of sp³-hybridized carbons (Fsp3) is 0.367. The summed E-state index contributed by atoms with van der Waals surface area (Å²) >= 11 is 0. The standard InChI is InChI=1S/C30H35FN4O6S/c1-20-17-35(29(36)13-22-7-6-12-32-16-22)21(2)19-41-27-15-24(33-42(38,39)25-9-5-8-23(31)14-25)10-11-26(27)30(37)34(3)18-28(20)40-4/h5-12,14-16,20-21,28,33H,13,17-19H2,1-4H3/t20-,21+,28-/m0/s1. The molecule has 3 aromatic rings. The van der Waals surface area contributed by atoms with Crippen LogP contribution < -0.4 is 9.46 Å². The Morgan fingerprint density at radius 1 is 1.14 bits per heavy atom. The van der Waals surface area contributed by atoms with E-state index >= 15 is 0 Å². The lowest BCUT2D eigenvalue weighted by Gasteiger charge is -2.36. The van der Waals surface area contributed by atoms with Crippen LogP contribution in [0.5, 0.6) is 5.75 Å². The Balaban J connectivity index is 1.66. The third-order valence-electron chi connectivity index (χ3n) is 7.20. The van der Waals surface area contributed by atoms with Crippen molar-refractivity contribution in [1.82, 2.24) is 14.8 Å². The number of rotatable bonds is 6. The second-order valence-corrected chi connectivity index (χ2v) is 12.1. The summed E-state index contributed by atoms with van der Waals surface area (Å²) < 4.78 is 53.8. The van der Waals surface area contributed by atoms with Crippen LogP contribution in [-0.2, 0) is 26.0 Å². The number of methoxy groups -OCH3 is 1. The van der Waals surface area contributed by atoms with Gasteiger partial charge in [-0.05, 0) is 48.9 Å². The summed E-state index contributed by atoms with van der Waals surface area (Å²) in [6.45, 7) is 4.48. The van der Waals surface area contributed by atoms with Crippen molar-refractivity contribution < 1.29 is 31.9 Å². The molecule has 0 unspecified atom stereocenters. The average Bonchev–Trinajstić information content (AvgIpc) is 2.96. The molecule has 12 heteroatoms. The van der Waals surface area contributed by atoms with Crippen LogP contribution >= 0.6 is 0 Å². The SMILES string of the molecule is CO[C@H]1CN(C)C(=O)c2ccc(NS(=O)(=O)c3cccc(F)c3)cc2OC[C@@H](C)N(C(=O)Cc2cccnc2)C[C@@H]1C. The minimum atomic E-state index is -4.12. The molecule has 2 heterocycles. The minimum Gasteiger partial charge on any atom is -0.491 e. The number of halogens is 1. The molecule has 0 saturated heterocycles. The highest BCUT2D eigenvalue weighted by Gasteiger charge is 2.30. The molecule has 4 rings (SSSR count). The Morgan fingerprint density at radius 2 is 1.93 bits per heavy atom. The van der Waals surface area contributed by atoms with Gasteiger partial charge in [-0.2, -0.15) is 0 Å². The van der Waals surface area contributed by atoms with Gasteiger partial charge >= 0.3 is 0 Å². The number of carbonyl (C=O) groups excluding carboxylic acids is 2. The van der Waals surface area contributed by atoms with Crippen molar-refractivity contribution in [2.75, 3.05) is 38.6 Å². The van der Waals surface area contributed by atoms with Gasteiger partial charge in [0.15, 0.2) is 0 Å². The highest BCUT2D eigenvalue weighted by atomic mass is 32.2. The number of fused-ring (bicyclic) bond motifs is 1. The number of nitrogens with zero attached hydrogens (tertiary/aromatic N) is 3. The summed E-state index contributed by atoms with van der Waals surface area (Å²) in [6, 6.07) is 12.2. The molecular weight excluding hydrogens is 563 g/mol. The maximum atomic E-state index is 13.7. The summed E-state index contributed by atoms with van der Waals surface area (Å²) in [6.07, 6.45) is 3.10. The second kappa shape index (κ2) is 13.3. The Morgan fingerprint density at radius 3 is 2.62 bits per heavy atom. The zero-order valence-electron chi connectivity index (χ0n) is 24.0. The monoisotopic (exact) mass is 598 g/mol. The lowest BCUT2D eigenvalue weighted by Crippen LogP contribution is -2.49. The number of ether oxygens (including phenoxy) is 2. The molecule has 0 spiro atoms. The van der Waals surface area contributed by atoms with E-state index in [1.807, 2.05) is 19.9 Å². The van der Waals surface area contributed by atoms with Crippen LogP contribution in [0.4, 0.5) is 10.1 Å². The fourth-order valence-corrected chi connectivity index (χ4v) is 5.89. The number of aromatic nitrogens is 1. The lowest BCUT2D eigenvalue weighted by atomic mass is 10.0. The predicted molar refractivity (Wildman–Crippen MR) is 155 cm³/mol. The van der Waals surface area contributed by atoms with Crippen LogP contribution in [-0.4, -0.2) is 81.0 Å². The number of hydrogen-bond acceptors (Lipinski definition) is 7. The number of pyridine rings is 1. The first-order valence-electron chi connectivity index (χ1n) is 13.5. The van der Waals surface area contributed by atoms with Gasteiger partial charge in [0, 0.05) is 51.6 Å². The van der Waals surface area contributed by atoms with E-state index in [1.165, 1.54) is 35.2 Å². The molecule has 42 heavy (non-hydrogen) atoms. The molecule has 2 aromatic carbocycles. The van der Waals surface area contributed by atoms with E-state index in [9.17, 15) is 22.4 Å². The van der Waals surface area contributed by atoms with E-state index in [0.717, 1.165) is 17.7 Å². The molecule has 0 aliphatic carbocycles. The van der Waals surface area contributed by atoms with Gasteiger partial charge in [-0.15, -0.1) is 0 Å². The first kappa shape index (κ1) is 30.9. The summed E-state index contributed by atoms with van der Waals surface area (Å²) in [5.41, 5.74) is 1.12. The molecule has 1 aliphatic heterocycles. The number of likely N-dealkylation sites (N-methyl/N-ethyl adjacent to an activating group) is 1. The first-order valence-corrected chi connectivity index (χ1v) is 15.0. The van der Waals surface area contributed by atoms with E-state index in [1.54, 1.807) is 37.5 Å². The van der Waals surface area contributed by atoms with Gasteiger partial charge in [-0.1, -0.05) is 19.1 Å². The van der Waals surface area contributed by atoms with Crippen LogP contribution in [0.3, 0.4) is 0 Å². The molecule has 3 atom stereocenters. The maximum absolute atomic E-state index is 13.7. The van der Waals surface area contributed by atoms with Crippen molar-refractivity contribution >= 4 is 27.5 Å². The number of anilines is 1. The topological polar surface area (TPSA) is 118 Å². The number of amides is 2. The van der Waals surface area contributed by atoms with Crippen LogP contribution in [0.15, 0.2) is 71.9 Å². The van der Waals surface area contributed by atoms with Crippen LogP contribution in [0, 0.1) is 11.7 Å². The van der Waals surface area contributed by atoms with E-state index in [2.05, 4.69) is 9.71 Å². The third-order valence-corrected chi connectivity index (χ3v) is 8.58. The van der Waals surface area contributed by atoms with E-state index in [-0.39, 0.29) is 65.3 Å². The third kappa shape index (κ3) is 7.42. The highest BCUT2D eigenvalue weighted by molar-refractivity contribution is 7.92. The summed E-state index contributed by atoms with van der Waals surface area (Å²) in [5.74, 6) is -1.10. The normalized spacial score (nSPS) is 20.1. The predicted octanol–water partition coefficient (Wildman–Crippen LogP) is 3.60. The fourth-order valence-electron chi connectivity index (χ4n) is 4.81. The quantitative estimate of drug-likeness (QED) is 0.461. The average molecular weight is 599 g/mol. The van der Waals surface area contributed by atoms with E-state index in [0.29, 0.717) is 6.54 Å². The van der Waals surface area contributed by atoms with Gasteiger partial charge in [0.05, 0.1) is 34.7 Å². The summed E-state index contributed by atoms with van der Waals surface area (Å²) in [4.78, 5) is 34.1. The van der Waals surface area contributed by atoms with Crippen LogP contribution in [0.2, 0.25) is 0 Å². The van der Waals surface area contributed by atoms with E-state index < -0.39 is 21.9 Å². The molecule has 224 valence electrons. The first-order chi connectivity index (χ1) is 20.0. The number of benzene rings is 2. The minimum absolute atomic E-state index is 0.0350. The second-order valence-electron chi connectivity index (χ2n) is 10.5. The zero-order valence-corrected chi connectivity index (χ0v) is 24.8. The van der Waals surface area contributed by atoms with E-state index in [4.69, 9.17) is 9.47 Å². The molecule has 0 fully saturated rings. The number of carbonyl (C=O) groups is 2. The molecule has 1 aromatic heterocycles. The zero-order chi connectivity index (χ0) is 30.4. The van der Waals surface area contributed by atoms with Gasteiger partial charge in [0.2, 0.25) is 5.91 Å². The molecule has 0 bridgehead atoms. The summed E-state index contributed by atoms with van der Waals surface area (Å²) in [7, 11) is -0.901. The van der Waals surface area contributed by atoms with Crippen molar-refractivity contribution in [2.45, 2.75) is 37.3 Å². The molecule has 1 N–H and O–H groups in total. The number of nitrogens with one attached hydrogen (secondary N) is 1. The molecule has 2 amide bonds. The van der Waals surface area contributed by atoms with Crippen molar-refractivity contribution in [2.24, 2.45) is 5.92 Å². The van der Waals surface area contributed by atoms with Gasteiger partial charge in [0.1, 0.15) is 18.2 Å².